The summed E-state index contributed by atoms with van der Waals surface area (Å²) in [7, 11) is 0.377. The number of rotatable bonds is 9. The molecule has 0 amide bonds. The second-order valence-electron chi connectivity index (χ2n) is 7.39. The van der Waals surface area contributed by atoms with Gasteiger partial charge in [0.2, 0.25) is 0 Å². The Morgan fingerprint density at radius 3 is 2.59 bits per heavy atom. The molecule has 1 aromatic carbocycles. The van der Waals surface area contributed by atoms with Crippen molar-refractivity contribution in [1.29, 1.82) is 0 Å². The fourth-order valence-corrected chi connectivity index (χ4v) is 3.96. The topological polar surface area (TPSA) is 89.0 Å². The van der Waals surface area contributed by atoms with Gasteiger partial charge in [-0.05, 0) is 51.2 Å². The standard InChI is InChI=1S/C20H33N3O4S.HI/c1-15(11-12-28(4,24)25)23-20(21-2)22-14-16-9-10-18(26-3)13-19(16)27-17-7-5-6-8-17;/h9-10,13,15,17H,5-8,11-12,14H2,1-4H3,(H2,21,22,23);1H. The van der Waals surface area contributed by atoms with Crippen LogP contribution >= 0.6 is 24.0 Å². The zero-order chi connectivity index (χ0) is 20.6. The van der Waals surface area contributed by atoms with Gasteiger partial charge in [0.15, 0.2) is 5.96 Å². The summed E-state index contributed by atoms with van der Waals surface area (Å²) in [6.45, 7) is 2.49. The van der Waals surface area contributed by atoms with E-state index in [0.717, 1.165) is 29.9 Å². The van der Waals surface area contributed by atoms with E-state index in [2.05, 4.69) is 15.6 Å². The summed E-state index contributed by atoms with van der Waals surface area (Å²) >= 11 is 0. The molecular formula is C20H34IN3O4S. The Kier molecular flexibility index (Phi) is 11.1. The zero-order valence-electron chi connectivity index (χ0n) is 17.7. The number of hydrogen-bond donors (Lipinski definition) is 2. The molecule has 0 aromatic heterocycles. The number of sulfone groups is 1. The van der Waals surface area contributed by atoms with Gasteiger partial charge in [-0.15, -0.1) is 24.0 Å². The zero-order valence-corrected chi connectivity index (χ0v) is 20.9. The lowest BCUT2D eigenvalue weighted by Gasteiger charge is -2.20. The van der Waals surface area contributed by atoms with Crippen molar-refractivity contribution in [2.75, 3.05) is 26.2 Å². The molecule has 0 aliphatic heterocycles. The molecule has 1 atom stereocenters. The molecule has 0 bridgehead atoms. The van der Waals surface area contributed by atoms with Crippen LogP contribution in [0.4, 0.5) is 0 Å². The van der Waals surface area contributed by atoms with Crippen molar-refractivity contribution >= 4 is 39.8 Å². The third kappa shape index (κ3) is 9.41. The van der Waals surface area contributed by atoms with E-state index in [-0.39, 0.29) is 41.9 Å². The molecule has 166 valence electrons. The summed E-state index contributed by atoms with van der Waals surface area (Å²) in [5.41, 5.74) is 1.03. The molecule has 0 saturated heterocycles. The summed E-state index contributed by atoms with van der Waals surface area (Å²) in [6.07, 6.45) is 6.64. The van der Waals surface area contributed by atoms with E-state index in [4.69, 9.17) is 9.47 Å². The highest BCUT2D eigenvalue weighted by molar-refractivity contribution is 14.0. The Hall–Kier alpha value is -1.23. The van der Waals surface area contributed by atoms with Crippen molar-refractivity contribution in [3.05, 3.63) is 23.8 Å². The second kappa shape index (κ2) is 12.5. The maximum atomic E-state index is 11.3. The second-order valence-corrected chi connectivity index (χ2v) is 9.65. The fourth-order valence-electron chi connectivity index (χ4n) is 3.17. The van der Waals surface area contributed by atoms with Gasteiger partial charge in [0.25, 0.3) is 0 Å². The van der Waals surface area contributed by atoms with Crippen molar-refractivity contribution in [2.45, 2.75) is 57.7 Å². The Morgan fingerprint density at radius 2 is 2.00 bits per heavy atom. The van der Waals surface area contributed by atoms with E-state index < -0.39 is 9.84 Å². The molecule has 0 spiro atoms. The number of nitrogens with zero attached hydrogens (tertiary/aromatic N) is 1. The van der Waals surface area contributed by atoms with Crippen LogP contribution in [0.15, 0.2) is 23.2 Å². The molecule has 2 N–H and O–H groups in total. The number of halogens is 1. The number of guanidine groups is 1. The molecule has 9 heteroatoms. The number of ether oxygens (including phenoxy) is 2. The van der Waals surface area contributed by atoms with Crippen LogP contribution in [0.1, 0.15) is 44.6 Å². The number of benzene rings is 1. The van der Waals surface area contributed by atoms with Gasteiger partial charge < -0.3 is 20.1 Å². The van der Waals surface area contributed by atoms with Gasteiger partial charge >= 0.3 is 0 Å². The first-order valence-electron chi connectivity index (χ1n) is 9.79. The summed E-state index contributed by atoms with van der Waals surface area (Å²) in [6, 6.07) is 5.84. The number of methoxy groups -OCH3 is 1. The van der Waals surface area contributed by atoms with E-state index in [9.17, 15) is 8.42 Å². The van der Waals surface area contributed by atoms with E-state index in [1.165, 1.54) is 19.1 Å². The average Bonchev–Trinajstić information content (AvgIpc) is 3.16. The van der Waals surface area contributed by atoms with Crippen LogP contribution in [0.25, 0.3) is 0 Å². The van der Waals surface area contributed by atoms with Crippen molar-refractivity contribution in [3.8, 4) is 11.5 Å². The summed E-state index contributed by atoms with van der Waals surface area (Å²) in [5.74, 6) is 2.38. The van der Waals surface area contributed by atoms with Crippen LogP contribution in [0.5, 0.6) is 11.5 Å². The number of hydrogen-bond acceptors (Lipinski definition) is 5. The quantitative estimate of drug-likeness (QED) is 0.285. The van der Waals surface area contributed by atoms with Crippen molar-refractivity contribution in [2.24, 2.45) is 4.99 Å². The third-order valence-corrected chi connectivity index (χ3v) is 5.82. The van der Waals surface area contributed by atoms with Crippen LogP contribution in [0.3, 0.4) is 0 Å². The maximum absolute atomic E-state index is 11.3. The molecule has 1 fully saturated rings. The Morgan fingerprint density at radius 1 is 1.31 bits per heavy atom. The Bertz CT molecular complexity index is 765. The van der Waals surface area contributed by atoms with Crippen LogP contribution in [0, 0.1) is 0 Å². The van der Waals surface area contributed by atoms with E-state index in [1.54, 1.807) is 14.2 Å². The maximum Gasteiger partial charge on any atom is 0.191 e. The molecule has 1 aromatic rings. The Labute approximate surface area is 192 Å². The van der Waals surface area contributed by atoms with Gasteiger partial charge in [-0.1, -0.05) is 0 Å². The fraction of sp³-hybridized carbons (Fsp3) is 0.650. The van der Waals surface area contributed by atoms with Crippen LogP contribution in [-0.4, -0.2) is 52.7 Å². The van der Waals surface area contributed by atoms with Gasteiger partial charge in [0.1, 0.15) is 21.3 Å². The molecule has 1 aliphatic carbocycles. The number of nitrogens with one attached hydrogen (secondary N) is 2. The number of aliphatic imine (C=N–C) groups is 1. The molecule has 7 nitrogen and oxygen atoms in total. The molecular weight excluding hydrogens is 505 g/mol. The first-order chi connectivity index (χ1) is 13.3. The average molecular weight is 539 g/mol. The highest BCUT2D eigenvalue weighted by atomic mass is 127. The minimum absolute atomic E-state index is 0. The minimum Gasteiger partial charge on any atom is -0.497 e. The molecule has 1 saturated carbocycles. The smallest absolute Gasteiger partial charge is 0.191 e. The lowest BCUT2D eigenvalue weighted by molar-refractivity contribution is 0.207. The highest BCUT2D eigenvalue weighted by Crippen LogP contribution is 2.29. The van der Waals surface area contributed by atoms with Crippen LogP contribution in [-0.2, 0) is 16.4 Å². The summed E-state index contributed by atoms with van der Waals surface area (Å²) in [4.78, 5) is 4.23. The van der Waals surface area contributed by atoms with Crippen molar-refractivity contribution < 1.29 is 17.9 Å². The molecule has 1 aliphatic rings. The molecule has 0 heterocycles. The van der Waals surface area contributed by atoms with Gasteiger partial charge in [0, 0.05) is 37.5 Å². The van der Waals surface area contributed by atoms with E-state index >= 15 is 0 Å². The highest BCUT2D eigenvalue weighted by Gasteiger charge is 2.18. The Balaban J connectivity index is 0.00000420. The summed E-state index contributed by atoms with van der Waals surface area (Å²) < 4.78 is 34.2. The van der Waals surface area contributed by atoms with Crippen molar-refractivity contribution in [1.82, 2.24) is 10.6 Å². The minimum atomic E-state index is -2.97. The van der Waals surface area contributed by atoms with Gasteiger partial charge in [-0.3, -0.25) is 4.99 Å². The molecule has 2 rings (SSSR count). The van der Waals surface area contributed by atoms with E-state index in [1.807, 2.05) is 25.1 Å². The molecule has 1 unspecified atom stereocenters. The lowest BCUT2D eigenvalue weighted by Crippen LogP contribution is -2.42. The predicted octanol–water partition coefficient (Wildman–Crippen LogP) is 3.12. The monoisotopic (exact) mass is 539 g/mol. The summed E-state index contributed by atoms with van der Waals surface area (Å²) in [5, 5.41) is 6.52. The normalized spacial score (nSPS) is 16.1. The largest absolute Gasteiger partial charge is 0.497 e. The lowest BCUT2D eigenvalue weighted by atomic mass is 10.1. The third-order valence-electron chi connectivity index (χ3n) is 4.84. The SMILES string of the molecule is CN=C(NCc1ccc(OC)cc1OC1CCCC1)NC(C)CCS(C)(=O)=O.I. The van der Waals surface area contributed by atoms with Crippen LogP contribution in [0.2, 0.25) is 0 Å². The van der Waals surface area contributed by atoms with Crippen molar-refractivity contribution in [3.63, 3.8) is 0 Å². The molecule has 0 radical (unpaired) electrons. The van der Waals surface area contributed by atoms with Gasteiger partial charge in [0.05, 0.1) is 19.0 Å². The van der Waals surface area contributed by atoms with E-state index in [0.29, 0.717) is 18.9 Å². The first kappa shape index (κ1) is 25.8. The van der Waals surface area contributed by atoms with Crippen LogP contribution < -0.4 is 20.1 Å². The first-order valence-corrected chi connectivity index (χ1v) is 11.8. The molecule has 29 heavy (non-hydrogen) atoms. The van der Waals surface area contributed by atoms with Gasteiger partial charge in [-0.2, -0.15) is 0 Å². The predicted molar refractivity (Wildman–Crippen MR) is 128 cm³/mol. The van der Waals surface area contributed by atoms with Gasteiger partial charge in [-0.25, -0.2) is 8.42 Å².